The summed E-state index contributed by atoms with van der Waals surface area (Å²) in [6.07, 6.45) is 0. The lowest BCUT2D eigenvalue weighted by molar-refractivity contribution is 0.195. The zero-order chi connectivity index (χ0) is 18.5. The number of aromatic nitrogens is 2. The van der Waals surface area contributed by atoms with E-state index in [1.807, 2.05) is 0 Å². The average Bonchev–Trinajstić information content (AvgIpc) is 2.98. The van der Waals surface area contributed by atoms with Crippen LogP contribution in [0.25, 0.3) is 0 Å². The van der Waals surface area contributed by atoms with Gasteiger partial charge in [0.05, 0.1) is 29.9 Å². The average molecular weight is 374 g/mol. The second-order valence-corrected chi connectivity index (χ2v) is 6.32. The zero-order valence-electron chi connectivity index (χ0n) is 12.5. The number of guanidine groups is 1. The van der Waals surface area contributed by atoms with Gasteiger partial charge in [-0.3, -0.25) is 9.55 Å². The van der Waals surface area contributed by atoms with Crippen molar-refractivity contribution in [2.45, 2.75) is 12.1 Å². The van der Waals surface area contributed by atoms with Crippen molar-refractivity contribution in [3.05, 3.63) is 11.3 Å². The van der Waals surface area contributed by atoms with Crippen molar-refractivity contribution in [3.63, 3.8) is 0 Å². The van der Waals surface area contributed by atoms with E-state index in [-0.39, 0.29) is 30.3 Å². The molecule has 3 heterocycles. The van der Waals surface area contributed by atoms with Crippen molar-refractivity contribution >= 4 is 28.4 Å². The molecule has 0 spiro atoms. The minimum atomic E-state index is -4.97. The van der Waals surface area contributed by atoms with Gasteiger partial charge >= 0.3 is 22.5 Å². The third-order valence-electron chi connectivity index (χ3n) is 3.72. The maximum atomic E-state index is 12.1. The Bertz CT molecular complexity index is 887. The Morgan fingerprint density at radius 3 is 2.68 bits per heavy atom. The molecule has 2 bridgehead atoms. The molecule has 1 fully saturated rings. The molecule has 0 aliphatic carbocycles. The Labute approximate surface area is 140 Å². The van der Waals surface area contributed by atoms with E-state index in [0.29, 0.717) is 4.68 Å². The number of urea groups is 1. The van der Waals surface area contributed by atoms with Gasteiger partial charge in [-0.05, 0) is 0 Å². The van der Waals surface area contributed by atoms with Crippen LogP contribution in [-0.2, 0) is 10.4 Å². The number of amides is 3. The maximum absolute atomic E-state index is 12.1. The summed E-state index contributed by atoms with van der Waals surface area (Å²) < 4.78 is 36.1. The molecule has 0 aromatic carbocycles. The van der Waals surface area contributed by atoms with Gasteiger partial charge in [0.25, 0.3) is 0 Å². The number of nitrogens with zero attached hydrogens (tertiary/aromatic N) is 4. The molecule has 0 radical (unpaired) electrons. The second-order valence-electron chi connectivity index (χ2n) is 5.30. The molecule has 15 heteroatoms. The summed E-state index contributed by atoms with van der Waals surface area (Å²) in [5.41, 5.74) is 16.0. The van der Waals surface area contributed by atoms with Crippen molar-refractivity contribution < 1.29 is 26.7 Å². The largest absolute Gasteiger partial charge is 0.448 e. The van der Waals surface area contributed by atoms with Gasteiger partial charge in [0.2, 0.25) is 5.88 Å². The lowest BCUT2D eigenvalue weighted by atomic mass is 9.98. The highest BCUT2D eigenvalue weighted by molar-refractivity contribution is 7.81. The maximum Gasteiger partial charge on any atom is 0.448 e. The molecule has 25 heavy (non-hydrogen) atoms. The standard InChI is InChI=1S/C10H14N8O6S/c11-8(12)14-1-4-6-5(3-2-17(4)10(20)15-3)7(24-25(21,22)23)18(16-6)9(13)19/h3-4H,1-2H2,(H2,13,19)(H,15,20)(H4,11,12,14)(H,21,22,23). The molecule has 2 atom stereocenters. The summed E-state index contributed by atoms with van der Waals surface area (Å²) in [4.78, 5) is 28.8. The van der Waals surface area contributed by atoms with E-state index in [1.165, 1.54) is 4.90 Å². The zero-order valence-corrected chi connectivity index (χ0v) is 13.3. The first-order chi connectivity index (χ1) is 11.6. The van der Waals surface area contributed by atoms with Gasteiger partial charge in [-0.25, -0.2) is 9.59 Å². The molecule has 1 aromatic rings. The van der Waals surface area contributed by atoms with Crippen LogP contribution in [0.2, 0.25) is 0 Å². The van der Waals surface area contributed by atoms with E-state index in [0.717, 1.165) is 0 Å². The Balaban J connectivity index is 2.17. The number of rotatable bonds is 4. The number of hydrogen-bond donors (Lipinski definition) is 5. The summed E-state index contributed by atoms with van der Waals surface area (Å²) in [7, 11) is -4.97. The molecule has 1 saturated heterocycles. The topological polar surface area (TPSA) is 221 Å². The molecule has 1 aromatic heterocycles. The summed E-state index contributed by atoms with van der Waals surface area (Å²) >= 11 is 0. The van der Waals surface area contributed by atoms with Crippen molar-refractivity contribution in [2.75, 3.05) is 13.1 Å². The SMILES string of the molecule is NC(=O)n1nc2c(c1OS(=O)(=O)O)C1CN(C(=O)N1)C2CN=C(N)N. The van der Waals surface area contributed by atoms with Crippen LogP contribution in [-0.4, -0.2) is 58.8 Å². The predicted molar refractivity (Wildman–Crippen MR) is 80.8 cm³/mol. The molecular formula is C10H14N8O6S. The molecule has 2 aliphatic rings. The Kier molecular flexibility index (Phi) is 3.68. The summed E-state index contributed by atoms with van der Waals surface area (Å²) in [6, 6.07) is -3.11. The lowest BCUT2D eigenvalue weighted by Gasteiger charge is -2.28. The molecule has 0 saturated carbocycles. The van der Waals surface area contributed by atoms with Gasteiger partial charge in [0.1, 0.15) is 0 Å². The number of nitrogens with two attached hydrogens (primary N) is 3. The summed E-state index contributed by atoms with van der Waals surface area (Å²) in [5.74, 6) is -0.835. The fourth-order valence-corrected chi connectivity index (χ4v) is 3.21. The number of carbonyl (C=O) groups is 2. The predicted octanol–water partition coefficient (Wildman–Crippen LogP) is -2.61. The van der Waals surface area contributed by atoms with E-state index < -0.39 is 40.4 Å². The summed E-state index contributed by atoms with van der Waals surface area (Å²) in [6.45, 7) is 0.0410. The Hall–Kier alpha value is -3.07. The normalized spacial score (nSPS) is 21.5. The molecule has 2 unspecified atom stereocenters. The highest BCUT2D eigenvalue weighted by Crippen LogP contribution is 2.43. The van der Waals surface area contributed by atoms with Crippen molar-refractivity contribution in [3.8, 4) is 5.88 Å². The minimum Gasteiger partial charge on any atom is -0.370 e. The van der Waals surface area contributed by atoms with Crippen LogP contribution in [0.5, 0.6) is 5.88 Å². The third kappa shape index (κ3) is 2.89. The Morgan fingerprint density at radius 2 is 2.12 bits per heavy atom. The first-order valence-corrected chi connectivity index (χ1v) is 8.17. The molecule has 136 valence electrons. The molecule has 3 amide bonds. The number of carbonyl (C=O) groups excluding carboxylic acids is 2. The highest BCUT2D eigenvalue weighted by Gasteiger charge is 2.47. The third-order valence-corrected chi connectivity index (χ3v) is 4.09. The van der Waals surface area contributed by atoms with Gasteiger partial charge in [0, 0.05) is 6.54 Å². The van der Waals surface area contributed by atoms with Gasteiger partial charge in [-0.1, -0.05) is 0 Å². The first-order valence-electron chi connectivity index (χ1n) is 6.80. The molecular weight excluding hydrogens is 360 g/mol. The number of hydrogen-bond acceptors (Lipinski definition) is 7. The van der Waals surface area contributed by atoms with E-state index in [1.54, 1.807) is 0 Å². The molecule has 14 nitrogen and oxygen atoms in total. The smallest absolute Gasteiger partial charge is 0.370 e. The van der Waals surface area contributed by atoms with Crippen LogP contribution >= 0.6 is 0 Å². The van der Waals surface area contributed by atoms with Gasteiger partial charge in [-0.15, -0.1) is 4.68 Å². The van der Waals surface area contributed by atoms with Crippen LogP contribution in [0, 0.1) is 0 Å². The van der Waals surface area contributed by atoms with Crippen molar-refractivity contribution in [1.82, 2.24) is 20.0 Å². The Morgan fingerprint density at radius 1 is 1.44 bits per heavy atom. The molecule has 2 aliphatic heterocycles. The monoisotopic (exact) mass is 374 g/mol. The fraction of sp³-hybridized carbons (Fsp3) is 0.400. The second kappa shape index (κ2) is 5.49. The number of nitrogens with one attached hydrogen (secondary N) is 1. The molecule has 8 N–H and O–H groups in total. The first kappa shape index (κ1) is 16.8. The van der Waals surface area contributed by atoms with Crippen molar-refractivity contribution in [1.29, 1.82) is 0 Å². The van der Waals surface area contributed by atoms with Crippen LogP contribution in [0.15, 0.2) is 4.99 Å². The quantitative estimate of drug-likeness (QED) is 0.211. The lowest BCUT2D eigenvalue weighted by Crippen LogP contribution is -2.36. The van der Waals surface area contributed by atoms with Crippen LogP contribution < -0.4 is 26.7 Å². The van der Waals surface area contributed by atoms with Gasteiger partial charge in [0.15, 0.2) is 5.96 Å². The van der Waals surface area contributed by atoms with E-state index in [2.05, 4.69) is 19.6 Å². The molecule has 3 rings (SSSR count). The number of aliphatic imine (C=N–C) groups is 1. The summed E-state index contributed by atoms with van der Waals surface area (Å²) in [5, 5.41) is 6.51. The van der Waals surface area contributed by atoms with Gasteiger partial charge in [-0.2, -0.15) is 13.5 Å². The van der Waals surface area contributed by atoms with E-state index >= 15 is 0 Å². The van der Waals surface area contributed by atoms with Crippen molar-refractivity contribution in [2.24, 2.45) is 22.2 Å². The number of fused-ring (bicyclic) bond motifs is 4. The fourth-order valence-electron chi connectivity index (χ4n) is 2.85. The van der Waals surface area contributed by atoms with Crippen LogP contribution in [0.3, 0.4) is 0 Å². The highest BCUT2D eigenvalue weighted by atomic mass is 32.3. The van der Waals surface area contributed by atoms with Crippen LogP contribution in [0.1, 0.15) is 23.3 Å². The van der Waals surface area contributed by atoms with E-state index in [4.69, 9.17) is 21.8 Å². The van der Waals surface area contributed by atoms with Gasteiger partial charge < -0.3 is 31.6 Å². The minimum absolute atomic E-state index is 0.0867. The number of primary amides is 1. The van der Waals surface area contributed by atoms with E-state index in [9.17, 15) is 18.0 Å². The van der Waals surface area contributed by atoms with Crippen LogP contribution in [0.4, 0.5) is 9.59 Å².